The molecule has 0 bridgehead atoms. The second-order valence-corrected chi connectivity index (χ2v) is 11.4. The maximum atomic E-state index is 13.8. The van der Waals surface area contributed by atoms with Gasteiger partial charge in [-0.25, -0.2) is 8.42 Å². The van der Waals surface area contributed by atoms with Crippen LogP contribution in [0.3, 0.4) is 0 Å². The van der Waals surface area contributed by atoms with Crippen LogP contribution in [-0.4, -0.2) is 50.9 Å². The van der Waals surface area contributed by atoms with Crippen LogP contribution in [0.5, 0.6) is 5.75 Å². The van der Waals surface area contributed by atoms with Crippen LogP contribution in [0.2, 0.25) is 0 Å². The van der Waals surface area contributed by atoms with Crippen LogP contribution < -0.4 is 14.4 Å². The molecular weight excluding hydrogens is 559 g/mol. The molecule has 3 aromatic carbocycles. The van der Waals surface area contributed by atoms with Crippen molar-refractivity contribution < 1.29 is 35.9 Å². The van der Waals surface area contributed by atoms with Gasteiger partial charge in [-0.15, -0.1) is 0 Å². The summed E-state index contributed by atoms with van der Waals surface area (Å²) >= 11 is 0. The molecule has 3 aromatic rings. The second kappa shape index (κ2) is 13.1. The normalized spacial score (nSPS) is 12.5. The van der Waals surface area contributed by atoms with Gasteiger partial charge in [0.1, 0.15) is 18.3 Å². The molecule has 1 N–H and O–H groups in total. The van der Waals surface area contributed by atoms with Crippen molar-refractivity contribution in [1.29, 1.82) is 0 Å². The number of carbonyl (C=O) groups excluding carboxylic acids is 2. The van der Waals surface area contributed by atoms with Gasteiger partial charge in [0.2, 0.25) is 11.8 Å². The predicted molar refractivity (Wildman–Crippen MR) is 149 cm³/mol. The first-order chi connectivity index (χ1) is 19.2. The number of alkyl halides is 3. The highest BCUT2D eigenvalue weighted by molar-refractivity contribution is 7.92. The summed E-state index contributed by atoms with van der Waals surface area (Å²) in [7, 11) is -2.99. The van der Waals surface area contributed by atoms with Crippen molar-refractivity contribution in [3.63, 3.8) is 0 Å². The van der Waals surface area contributed by atoms with Crippen molar-refractivity contribution in [2.45, 2.75) is 50.5 Å². The minimum absolute atomic E-state index is 0.0721. The molecule has 0 spiro atoms. The van der Waals surface area contributed by atoms with E-state index in [1.165, 1.54) is 49.3 Å². The first kappa shape index (κ1) is 31.5. The number of carbonyl (C=O) groups is 2. The first-order valence-corrected chi connectivity index (χ1v) is 14.2. The van der Waals surface area contributed by atoms with Crippen LogP contribution in [0, 0.1) is 0 Å². The fourth-order valence-corrected chi connectivity index (χ4v) is 5.43. The molecule has 41 heavy (non-hydrogen) atoms. The lowest BCUT2D eigenvalue weighted by molar-refractivity contribution is -0.139. The van der Waals surface area contributed by atoms with Gasteiger partial charge in [-0.05, 0) is 68.8 Å². The number of benzene rings is 3. The Balaban J connectivity index is 2.07. The molecule has 0 saturated heterocycles. The van der Waals surface area contributed by atoms with Crippen LogP contribution in [0.1, 0.15) is 31.9 Å². The number of amides is 2. The average molecular weight is 592 g/mol. The van der Waals surface area contributed by atoms with Crippen molar-refractivity contribution in [3.05, 3.63) is 90.0 Å². The molecule has 2 amide bonds. The first-order valence-electron chi connectivity index (χ1n) is 12.7. The third-order valence-corrected chi connectivity index (χ3v) is 7.97. The number of anilines is 1. The molecule has 0 aliphatic rings. The molecule has 1 atom stereocenters. The van der Waals surface area contributed by atoms with Gasteiger partial charge in [-0.3, -0.25) is 13.9 Å². The van der Waals surface area contributed by atoms with Gasteiger partial charge in [-0.2, -0.15) is 13.2 Å². The van der Waals surface area contributed by atoms with E-state index in [2.05, 4.69) is 5.32 Å². The van der Waals surface area contributed by atoms with E-state index in [0.29, 0.717) is 21.7 Å². The van der Waals surface area contributed by atoms with Crippen LogP contribution in [-0.2, 0) is 32.3 Å². The maximum Gasteiger partial charge on any atom is 0.416 e. The van der Waals surface area contributed by atoms with E-state index in [-0.39, 0.29) is 23.2 Å². The average Bonchev–Trinajstić information content (AvgIpc) is 2.94. The molecule has 0 fully saturated rings. The van der Waals surface area contributed by atoms with Gasteiger partial charge in [-0.1, -0.05) is 36.4 Å². The largest absolute Gasteiger partial charge is 0.497 e. The number of methoxy groups -OCH3 is 1. The summed E-state index contributed by atoms with van der Waals surface area (Å²) in [6, 6.07) is 16.3. The minimum atomic E-state index is -4.74. The number of nitrogens with zero attached hydrogens (tertiary/aromatic N) is 2. The molecular formula is C29H32F3N3O5S. The van der Waals surface area contributed by atoms with Crippen molar-refractivity contribution in [2.75, 3.05) is 18.0 Å². The summed E-state index contributed by atoms with van der Waals surface area (Å²) in [5, 5.41) is 2.74. The Bertz CT molecular complexity index is 1450. The highest BCUT2D eigenvalue weighted by atomic mass is 32.2. The second-order valence-electron chi connectivity index (χ2n) is 9.58. The van der Waals surface area contributed by atoms with Gasteiger partial charge in [0.25, 0.3) is 10.0 Å². The van der Waals surface area contributed by atoms with Gasteiger partial charge in [0, 0.05) is 12.6 Å². The third kappa shape index (κ3) is 8.00. The Morgan fingerprint density at radius 3 is 2.12 bits per heavy atom. The zero-order chi connectivity index (χ0) is 30.4. The van der Waals surface area contributed by atoms with Crippen molar-refractivity contribution in [3.8, 4) is 5.75 Å². The van der Waals surface area contributed by atoms with E-state index in [9.17, 15) is 31.2 Å². The van der Waals surface area contributed by atoms with E-state index >= 15 is 0 Å². The maximum absolute atomic E-state index is 13.8. The van der Waals surface area contributed by atoms with Gasteiger partial charge in [0.05, 0.1) is 23.3 Å². The number of sulfonamides is 1. The molecule has 0 heterocycles. The van der Waals surface area contributed by atoms with E-state index in [4.69, 9.17) is 4.74 Å². The van der Waals surface area contributed by atoms with E-state index in [0.717, 1.165) is 12.1 Å². The zero-order valence-electron chi connectivity index (χ0n) is 23.1. The molecule has 3 rings (SSSR count). The predicted octanol–water partition coefficient (Wildman–Crippen LogP) is 4.85. The summed E-state index contributed by atoms with van der Waals surface area (Å²) in [5.41, 5.74) is -0.795. The number of halogens is 3. The molecule has 0 aliphatic carbocycles. The number of hydrogen-bond acceptors (Lipinski definition) is 5. The molecule has 8 nitrogen and oxygen atoms in total. The molecule has 0 aliphatic heterocycles. The standard InChI is InChI=1S/C29H32F3N3O5S/c1-20(2)33-28(37)21(3)34(18-22-13-15-25(40-4)16-14-22)27(36)19-35(41(38,39)26-11-6-5-7-12-26)24-10-8-9-23(17-24)29(30,31)32/h5-17,20-21H,18-19H2,1-4H3,(H,33,37). The monoisotopic (exact) mass is 591 g/mol. The fourth-order valence-electron chi connectivity index (χ4n) is 4.00. The third-order valence-electron chi connectivity index (χ3n) is 6.18. The van der Waals surface area contributed by atoms with Gasteiger partial charge >= 0.3 is 6.18 Å². The molecule has 1 unspecified atom stereocenters. The Morgan fingerprint density at radius 1 is 0.927 bits per heavy atom. The quantitative estimate of drug-likeness (QED) is 0.344. The topological polar surface area (TPSA) is 96.0 Å². The number of ether oxygens (including phenoxy) is 1. The van der Waals surface area contributed by atoms with Crippen molar-refractivity contribution >= 4 is 27.5 Å². The highest BCUT2D eigenvalue weighted by Gasteiger charge is 2.35. The van der Waals surface area contributed by atoms with E-state index in [1.54, 1.807) is 44.2 Å². The van der Waals surface area contributed by atoms with Crippen LogP contribution in [0.4, 0.5) is 18.9 Å². The molecule has 0 radical (unpaired) electrons. The van der Waals surface area contributed by atoms with Crippen LogP contribution in [0.25, 0.3) is 0 Å². The summed E-state index contributed by atoms with van der Waals surface area (Å²) in [6.07, 6.45) is -4.74. The Morgan fingerprint density at radius 2 is 1.56 bits per heavy atom. The van der Waals surface area contributed by atoms with E-state index in [1.807, 2.05) is 0 Å². The minimum Gasteiger partial charge on any atom is -0.497 e. The molecule has 0 saturated carbocycles. The lowest BCUT2D eigenvalue weighted by atomic mass is 10.1. The summed E-state index contributed by atoms with van der Waals surface area (Å²) in [4.78, 5) is 27.8. The Hall–Kier alpha value is -4.06. The summed E-state index contributed by atoms with van der Waals surface area (Å²) in [5.74, 6) is -0.690. The molecule has 12 heteroatoms. The zero-order valence-corrected chi connectivity index (χ0v) is 23.9. The smallest absolute Gasteiger partial charge is 0.416 e. The Labute approximate surface area is 237 Å². The van der Waals surface area contributed by atoms with E-state index < -0.39 is 46.2 Å². The summed E-state index contributed by atoms with van der Waals surface area (Å²) in [6.45, 7) is 4.08. The SMILES string of the molecule is COc1ccc(CN(C(=O)CN(c2cccc(C(F)(F)F)c2)S(=O)(=O)c2ccccc2)C(C)C(=O)NC(C)C)cc1. The fraction of sp³-hybridized carbons (Fsp3) is 0.310. The van der Waals surface area contributed by atoms with Crippen LogP contribution in [0.15, 0.2) is 83.8 Å². The lowest BCUT2D eigenvalue weighted by Crippen LogP contribution is -2.52. The number of rotatable bonds is 11. The number of nitrogens with one attached hydrogen (secondary N) is 1. The highest BCUT2D eigenvalue weighted by Crippen LogP contribution is 2.33. The molecule has 0 aromatic heterocycles. The number of hydrogen-bond donors (Lipinski definition) is 1. The van der Waals surface area contributed by atoms with Gasteiger partial charge in [0.15, 0.2) is 0 Å². The van der Waals surface area contributed by atoms with Crippen LogP contribution >= 0.6 is 0 Å². The van der Waals surface area contributed by atoms with Crippen molar-refractivity contribution in [2.24, 2.45) is 0 Å². The molecule has 220 valence electrons. The summed E-state index contributed by atoms with van der Waals surface area (Å²) < 4.78 is 73.8. The van der Waals surface area contributed by atoms with Gasteiger partial charge < -0.3 is 15.0 Å². The Kier molecular flexibility index (Phi) is 10.0. The lowest BCUT2D eigenvalue weighted by Gasteiger charge is -2.32. The van der Waals surface area contributed by atoms with Crippen molar-refractivity contribution in [1.82, 2.24) is 10.2 Å².